The number of hydrogen-bond donors (Lipinski definition) is 1. The Hall–Kier alpha value is -1.51. The second-order valence-electron chi connectivity index (χ2n) is 4.45. The van der Waals surface area contributed by atoms with Gasteiger partial charge in [0, 0.05) is 18.1 Å². The van der Waals surface area contributed by atoms with Gasteiger partial charge in [-0.25, -0.2) is 4.98 Å². The van der Waals surface area contributed by atoms with Gasteiger partial charge in [0.1, 0.15) is 5.65 Å². The van der Waals surface area contributed by atoms with Gasteiger partial charge in [-0.05, 0) is 30.9 Å². The van der Waals surface area contributed by atoms with Gasteiger partial charge < -0.3 is 10.3 Å². The summed E-state index contributed by atoms with van der Waals surface area (Å²) in [6.45, 7) is 1.11. The van der Waals surface area contributed by atoms with Gasteiger partial charge in [-0.1, -0.05) is 6.42 Å². The lowest BCUT2D eigenvalue weighted by atomic mass is 9.85. The Kier molecular flexibility index (Phi) is 1.91. The van der Waals surface area contributed by atoms with Crippen LogP contribution in [0.25, 0.3) is 11.0 Å². The van der Waals surface area contributed by atoms with E-state index >= 15 is 0 Å². The van der Waals surface area contributed by atoms with Crippen molar-refractivity contribution < 1.29 is 0 Å². The van der Waals surface area contributed by atoms with Crippen molar-refractivity contribution in [1.29, 1.82) is 0 Å². The minimum atomic E-state index is 0.740. The van der Waals surface area contributed by atoms with Crippen LogP contribution in [0.3, 0.4) is 0 Å². The van der Waals surface area contributed by atoms with Gasteiger partial charge >= 0.3 is 0 Å². The molecule has 1 saturated carbocycles. The van der Waals surface area contributed by atoms with Crippen molar-refractivity contribution in [2.75, 3.05) is 5.73 Å². The Bertz CT molecular complexity index is 483. The van der Waals surface area contributed by atoms with E-state index in [1.807, 2.05) is 6.07 Å². The number of nitrogen functional groups attached to an aromatic ring is 1. The maximum atomic E-state index is 5.70. The van der Waals surface area contributed by atoms with Crippen molar-refractivity contribution in [3.05, 3.63) is 24.5 Å². The first-order valence-corrected chi connectivity index (χ1v) is 5.53. The summed E-state index contributed by atoms with van der Waals surface area (Å²) in [4.78, 5) is 4.39. The zero-order valence-corrected chi connectivity index (χ0v) is 8.69. The van der Waals surface area contributed by atoms with E-state index in [1.54, 1.807) is 6.20 Å². The molecule has 3 rings (SSSR count). The fourth-order valence-electron chi connectivity index (χ4n) is 2.20. The van der Waals surface area contributed by atoms with Crippen LogP contribution in [0.4, 0.5) is 5.69 Å². The van der Waals surface area contributed by atoms with Gasteiger partial charge in [0.05, 0.1) is 11.9 Å². The number of pyridine rings is 1. The predicted octanol–water partition coefficient (Wildman–Crippen LogP) is 2.42. The number of anilines is 1. The maximum absolute atomic E-state index is 5.70. The van der Waals surface area contributed by atoms with Crippen LogP contribution < -0.4 is 5.73 Å². The van der Waals surface area contributed by atoms with Crippen molar-refractivity contribution in [3.8, 4) is 0 Å². The van der Waals surface area contributed by atoms with Crippen molar-refractivity contribution in [2.45, 2.75) is 25.8 Å². The molecule has 1 fully saturated rings. The highest BCUT2D eigenvalue weighted by molar-refractivity contribution is 5.79. The number of nitrogens with zero attached hydrogens (tertiary/aromatic N) is 2. The van der Waals surface area contributed by atoms with Gasteiger partial charge in [0.25, 0.3) is 0 Å². The number of aromatic nitrogens is 2. The number of fused-ring (bicyclic) bond motifs is 1. The number of hydrogen-bond acceptors (Lipinski definition) is 2. The Morgan fingerprint density at radius 2 is 2.33 bits per heavy atom. The van der Waals surface area contributed by atoms with Crippen molar-refractivity contribution >= 4 is 16.7 Å². The molecule has 0 atom stereocenters. The summed E-state index contributed by atoms with van der Waals surface area (Å²) >= 11 is 0. The molecule has 0 amide bonds. The van der Waals surface area contributed by atoms with E-state index in [2.05, 4.69) is 21.8 Å². The maximum Gasteiger partial charge on any atom is 0.139 e. The number of nitrogens with two attached hydrogens (primary N) is 1. The zero-order valence-electron chi connectivity index (χ0n) is 8.69. The molecule has 0 radical (unpaired) electrons. The third-order valence-corrected chi connectivity index (χ3v) is 3.30. The van der Waals surface area contributed by atoms with E-state index < -0.39 is 0 Å². The predicted molar refractivity (Wildman–Crippen MR) is 61.5 cm³/mol. The molecule has 15 heavy (non-hydrogen) atoms. The van der Waals surface area contributed by atoms with Gasteiger partial charge in [-0.15, -0.1) is 0 Å². The van der Waals surface area contributed by atoms with Crippen LogP contribution in [0, 0.1) is 5.92 Å². The molecule has 1 aliphatic carbocycles. The first-order valence-electron chi connectivity index (χ1n) is 5.53. The van der Waals surface area contributed by atoms with Gasteiger partial charge in [-0.2, -0.15) is 0 Å². The van der Waals surface area contributed by atoms with Crippen LogP contribution in [0.15, 0.2) is 24.5 Å². The summed E-state index contributed by atoms with van der Waals surface area (Å²) < 4.78 is 2.25. The average molecular weight is 201 g/mol. The minimum Gasteiger partial charge on any atom is -0.397 e. The highest BCUT2D eigenvalue weighted by atomic mass is 15.0. The van der Waals surface area contributed by atoms with Crippen LogP contribution in [0.1, 0.15) is 19.3 Å². The molecule has 2 aromatic heterocycles. The smallest absolute Gasteiger partial charge is 0.139 e. The summed E-state index contributed by atoms with van der Waals surface area (Å²) in [5.74, 6) is 0.861. The van der Waals surface area contributed by atoms with Crippen molar-refractivity contribution in [3.63, 3.8) is 0 Å². The fraction of sp³-hybridized carbons (Fsp3) is 0.417. The van der Waals surface area contributed by atoms with Crippen LogP contribution in [-0.4, -0.2) is 9.55 Å². The fourth-order valence-corrected chi connectivity index (χ4v) is 2.20. The Balaban J connectivity index is 1.96. The van der Waals surface area contributed by atoms with Crippen LogP contribution in [-0.2, 0) is 6.54 Å². The van der Waals surface area contributed by atoms with Crippen molar-refractivity contribution in [2.24, 2.45) is 5.92 Å². The quantitative estimate of drug-likeness (QED) is 0.810. The summed E-state index contributed by atoms with van der Waals surface area (Å²) in [7, 11) is 0. The lowest BCUT2D eigenvalue weighted by Crippen LogP contribution is -2.17. The third-order valence-electron chi connectivity index (χ3n) is 3.30. The van der Waals surface area contributed by atoms with E-state index in [9.17, 15) is 0 Å². The lowest BCUT2D eigenvalue weighted by Gasteiger charge is -2.25. The van der Waals surface area contributed by atoms with Crippen molar-refractivity contribution in [1.82, 2.24) is 9.55 Å². The van der Waals surface area contributed by atoms with Crippen LogP contribution in [0.5, 0.6) is 0 Å². The second-order valence-corrected chi connectivity index (χ2v) is 4.45. The van der Waals surface area contributed by atoms with Gasteiger partial charge in [0.2, 0.25) is 0 Å². The third kappa shape index (κ3) is 1.48. The molecule has 2 heterocycles. The molecule has 1 aliphatic rings. The first kappa shape index (κ1) is 8.77. The molecule has 0 bridgehead atoms. The van der Waals surface area contributed by atoms with Crippen LogP contribution >= 0.6 is 0 Å². The van der Waals surface area contributed by atoms with E-state index in [1.165, 1.54) is 19.3 Å². The highest BCUT2D eigenvalue weighted by Crippen LogP contribution is 2.29. The van der Waals surface area contributed by atoms with Gasteiger partial charge in [-0.3, -0.25) is 0 Å². The standard InChI is InChI=1S/C12H15N3/c13-11-6-10-4-5-15(12(10)14-7-11)8-9-2-1-3-9/h4-7,9H,1-3,8,13H2. The molecule has 0 saturated heterocycles. The molecule has 3 nitrogen and oxygen atoms in total. The Morgan fingerprint density at radius 3 is 3.07 bits per heavy atom. The minimum absolute atomic E-state index is 0.740. The largest absolute Gasteiger partial charge is 0.397 e. The molecule has 2 aromatic rings. The summed E-state index contributed by atoms with van der Waals surface area (Å²) in [6, 6.07) is 4.08. The molecule has 0 spiro atoms. The topological polar surface area (TPSA) is 43.8 Å². The van der Waals surface area contributed by atoms with E-state index in [4.69, 9.17) is 5.73 Å². The molecule has 78 valence electrons. The Morgan fingerprint density at radius 1 is 1.47 bits per heavy atom. The summed E-state index contributed by atoms with van der Waals surface area (Å²) in [5, 5.41) is 1.15. The molecular formula is C12H15N3. The SMILES string of the molecule is Nc1cnc2c(ccn2CC2CCC2)c1. The first-order chi connectivity index (χ1) is 7.33. The highest BCUT2D eigenvalue weighted by Gasteiger charge is 2.18. The Labute approximate surface area is 88.9 Å². The van der Waals surface area contributed by atoms with E-state index in [-0.39, 0.29) is 0 Å². The molecular weight excluding hydrogens is 186 g/mol. The molecule has 0 aliphatic heterocycles. The average Bonchev–Trinajstić information content (AvgIpc) is 2.54. The summed E-state index contributed by atoms with van der Waals surface area (Å²) in [5.41, 5.74) is 7.51. The van der Waals surface area contributed by atoms with Crippen LogP contribution in [0.2, 0.25) is 0 Å². The molecule has 0 aromatic carbocycles. The van der Waals surface area contributed by atoms with E-state index in [0.29, 0.717) is 0 Å². The number of rotatable bonds is 2. The monoisotopic (exact) mass is 201 g/mol. The lowest BCUT2D eigenvalue weighted by molar-refractivity contribution is 0.279. The normalized spacial score (nSPS) is 16.8. The molecule has 3 heteroatoms. The molecule has 2 N–H and O–H groups in total. The van der Waals surface area contributed by atoms with Gasteiger partial charge in [0.15, 0.2) is 0 Å². The zero-order chi connectivity index (χ0) is 10.3. The summed E-state index contributed by atoms with van der Waals surface area (Å²) in [6.07, 6.45) is 7.99. The molecule has 0 unspecified atom stereocenters. The van der Waals surface area contributed by atoms with E-state index in [0.717, 1.165) is 29.2 Å². The second kappa shape index (κ2) is 3.26.